The van der Waals surface area contributed by atoms with Crippen LogP contribution < -0.4 is 10.5 Å². The molecule has 1 aliphatic rings. The normalized spacial score (nSPS) is 26.5. The van der Waals surface area contributed by atoms with Gasteiger partial charge in [-0.05, 0) is 37.0 Å². The van der Waals surface area contributed by atoms with E-state index in [0.29, 0.717) is 6.42 Å². The van der Waals surface area contributed by atoms with Crippen molar-refractivity contribution < 1.29 is 23.2 Å². The largest absolute Gasteiger partial charge is 0.494 e. The Labute approximate surface area is 150 Å². The Balaban J connectivity index is 1.69. The van der Waals surface area contributed by atoms with Crippen molar-refractivity contribution in [3.8, 4) is 5.75 Å². The molecule has 0 amide bonds. The minimum atomic E-state index is -3.89. The minimum absolute atomic E-state index is 0.0278. The van der Waals surface area contributed by atoms with Gasteiger partial charge in [-0.1, -0.05) is 44.7 Å². The average molecular weight is 371 g/mol. The zero-order chi connectivity index (χ0) is 18.2. The fraction of sp³-hybridized carbons (Fsp3) is 0.667. The fourth-order valence-corrected chi connectivity index (χ4v) is 3.60. The van der Waals surface area contributed by atoms with Gasteiger partial charge >= 0.3 is 7.82 Å². The van der Waals surface area contributed by atoms with E-state index in [2.05, 4.69) is 6.92 Å². The third kappa shape index (κ3) is 7.47. The second-order valence-electron chi connectivity index (χ2n) is 6.78. The number of nitrogens with two attached hydrogens (primary N) is 1. The molecule has 0 aliphatic carbocycles. The van der Waals surface area contributed by atoms with Gasteiger partial charge in [0.15, 0.2) is 0 Å². The Morgan fingerprint density at radius 1 is 1.16 bits per heavy atom. The molecule has 1 heterocycles. The molecule has 1 aromatic carbocycles. The maximum atomic E-state index is 11.2. The van der Waals surface area contributed by atoms with Gasteiger partial charge < -0.3 is 15.4 Å². The Morgan fingerprint density at radius 3 is 2.44 bits per heavy atom. The number of aryl methyl sites for hydroxylation is 1. The maximum Gasteiger partial charge on any atom is 0.472 e. The van der Waals surface area contributed by atoms with Crippen molar-refractivity contribution in [2.45, 2.75) is 57.4 Å². The first-order valence-corrected chi connectivity index (χ1v) is 10.5. The quantitative estimate of drug-likeness (QED) is 0.480. The van der Waals surface area contributed by atoms with Crippen LogP contribution in [0, 0.1) is 0 Å². The molecule has 0 radical (unpaired) electrons. The van der Waals surface area contributed by atoms with E-state index in [-0.39, 0.29) is 13.2 Å². The molecule has 0 saturated carbocycles. The van der Waals surface area contributed by atoms with Crippen molar-refractivity contribution in [2.75, 3.05) is 19.8 Å². The lowest BCUT2D eigenvalue weighted by molar-refractivity contribution is 0.0372. The van der Waals surface area contributed by atoms with Crippen LogP contribution in [-0.2, 0) is 20.0 Å². The van der Waals surface area contributed by atoms with Crippen LogP contribution in [0.2, 0.25) is 0 Å². The topological polar surface area (TPSA) is 91.0 Å². The van der Waals surface area contributed by atoms with Gasteiger partial charge in [0.2, 0.25) is 0 Å². The summed E-state index contributed by atoms with van der Waals surface area (Å²) >= 11 is 0. The second kappa shape index (κ2) is 9.70. The van der Waals surface area contributed by atoms with E-state index in [1.54, 1.807) is 0 Å². The van der Waals surface area contributed by atoms with Gasteiger partial charge in [0.1, 0.15) is 5.75 Å². The maximum absolute atomic E-state index is 11.2. The van der Waals surface area contributed by atoms with E-state index >= 15 is 0 Å². The lowest BCUT2D eigenvalue weighted by Crippen LogP contribution is -2.51. The Kier molecular flexibility index (Phi) is 7.91. The van der Waals surface area contributed by atoms with Crippen LogP contribution in [0.25, 0.3) is 0 Å². The van der Waals surface area contributed by atoms with Gasteiger partial charge in [0.25, 0.3) is 0 Å². The first-order valence-electron chi connectivity index (χ1n) is 9.05. The number of phosphoric ester groups is 1. The molecule has 0 unspecified atom stereocenters. The molecule has 0 spiro atoms. The van der Waals surface area contributed by atoms with Gasteiger partial charge in [0.05, 0.1) is 25.4 Å². The molecule has 1 aromatic rings. The van der Waals surface area contributed by atoms with Crippen LogP contribution >= 0.6 is 7.82 Å². The summed E-state index contributed by atoms with van der Waals surface area (Å²) in [7, 11) is -3.89. The summed E-state index contributed by atoms with van der Waals surface area (Å²) in [6, 6.07) is 8.00. The molecule has 0 bridgehead atoms. The van der Waals surface area contributed by atoms with Crippen LogP contribution in [0.3, 0.4) is 0 Å². The summed E-state index contributed by atoms with van der Waals surface area (Å²) in [4.78, 5) is 9.20. The molecule has 2 rings (SSSR count). The van der Waals surface area contributed by atoms with Gasteiger partial charge in [-0.3, -0.25) is 9.05 Å². The number of rotatable bonds is 10. The van der Waals surface area contributed by atoms with Crippen LogP contribution in [0.4, 0.5) is 0 Å². The average Bonchev–Trinajstić information content (AvgIpc) is 2.60. The van der Waals surface area contributed by atoms with E-state index in [1.165, 1.54) is 25.7 Å². The molecule has 0 aromatic heterocycles. The zero-order valence-corrected chi connectivity index (χ0v) is 15.9. The summed E-state index contributed by atoms with van der Waals surface area (Å²) in [6.45, 7) is 3.02. The predicted molar refractivity (Wildman–Crippen MR) is 97.7 cm³/mol. The fourth-order valence-electron chi connectivity index (χ4n) is 2.68. The van der Waals surface area contributed by atoms with Crippen LogP contribution in [0.5, 0.6) is 5.75 Å². The van der Waals surface area contributed by atoms with Crippen molar-refractivity contribution in [1.82, 2.24) is 0 Å². The van der Waals surface area contributed by atoms with Gasteiger partial charge in [-0.15, -0.1) is 0 Å². The van der Waals surface area contributed by atoms with E-state index in [4.69, 9.17) is 19.5 Å². The summed E-state index contributed by atoms with van der Waals surface area (Å²) in [5, 5.41) is 0. The molecule has 1 aliphatic heterocycles. The molecule has 1 saturated heterocycles. The van der Waals surface area contributed by atoms with Gasteiger partial charge in [-0.25, -0.2) is 4.57 Å². The lowest BCUT2D eigenvalue weighted by Gasteiger charge is -2.34. The number of hydrogen-bond acceptors (Lipinski definition) is 5. The smallest absolute Gasteiger partial charge is 0.472 e. The lowest BCUT2D eigenvalue weighted by atomic mass is 9.94. The van der Waals surface area contributed by atoms with Crippen molar-refractivity contribution in [1.29, 1.82) is 0 Å². The summed E-state index contributed by atoms with van der Waals surface area (Å²) in [5.41, 5.74) is 6.57. The highest BCUT2D eigenvalue weighted by Crippen LogP contribution is 2.47. The Morgan fingerprint density at radius 2 is 1.80 bits per heavy atom. The van der Waals surface area contributed by atoms with Crippen LogP contribution in [-0.4, -0.2) is 30.3 Å². The Bertz CT molecular complexity index is 551. The highest BCUT2D eigenvalue weighted by atomic mass is 31.2. The highest BCUT2D eigenvalue weighted by Gasteiger charge is 2.38. The SMILES string of the molecule is CCCCCCCOc1ccc(CCC2(N)COP(=O)(O)OC2)cc1. The molecule has 6 nitrogen and oxygen atoms in total. The van der Waals surface area contributed by atoms with Crippen molar-refractivity contribution >= 4 is 7.82 Å². The van der Waals surface area contributed by atoms with Gasteiger partial charge in [-0.2, -0.15) is 0 Å². The van der Waals surface area contributed by atoms with Crippen molar-refractivity contribution in [2.24, 2.45) is 5.73 Å². The number of hydrogen-bond donors (Lipinski definition) is 2. The molecule has 0 atom stereocenters. The first-order chi connectivity index (χ1) is 11.9. The minimum Gasteiger partial charge on any atom is -0.494 e. The molecule has 1 fully saturated rings. The number of benzene rings is 1. The molecular weight excluding hydrogens is 341 g/mol. The second-order valence-corrected chi connectivity index (χ2v) is 8.24. The van der Waals surface area contributed by atoms with Gasteiger partial charge in [0, 0.05) is 0 Å². The zero-order valence-electron chi connectivity index (χ0n) is 15.0. The number of unbranched alkanes of at least 4 members (excludes halogenated alkanes) is 4. The molecule has 142 valence electrons. The van der Waals surface area contributed by atoms with E-state index < -0.39 is 13.4 Å². The van der Waals surface area contributed by atoms with Crippen molar-refractivity contribution in [3.63, 3.8) is 0 Å². The highest BCUT2D eigenvalue weighted by molar-refractivity contribution is 7.47. The predicted octanol–water partition coefficient (Wildman–Crippen LogP) is 3.81. The first kappa shape index (κ1) is 20.4. The third-order valence-corrected chi connectivity index (χ3v) is 5.29. The number of ether oxygens (including phenoxy) is 1. The van der Waals surface area contributed by atoms with Crippen LogP contribution in [0.15, 0.2) is 24.3 Å². The molecular formula is C18H30NO5P. The summed E-state index contributed by atoms with van der Waals surface area (Å²) in [6.07, 6.45) is 7.49. The van der Waals surface area contributed by atoms with E-state index in [0.717, 1.165) is 30.8 Å². The van der Waals surface area contributed by atoms with E-state index in [9.17, 15) is 9.46 Å². The molecule has 7 heteroatoms. The monoisotopic (exact) mass is 371 g/mol. The Hall–Kier alpha value is -0.910. The molecule has 3 N–H and O–H groups in total. The molecule has 25 heavy (non-hydrogen) atoms. The third-order valence-electron chi connectivity index (χ3n) is 4.38. The number of phosphoric acid groups is 1. The standard InChI is InChI=1S/C18H30NO5P/c1-2-3-4-5-6-13-22-17-9-7-16(8-10-17)11-12-18(19)14-23-25(20,21)24-15-18/h7-10H,2-6,11-15,19H2,1H3,(H,20,21). The summed E-state index contributed by atoms with van der Waals surface area (Å²) < 4.78 is 26.6. The van der Waals surface area contributed by atoms with Crippen LogP contribution in [0.1, 0.15) is 51.0 Å². The van der Waals surface area contributed by atoms with E-state index in [1.807, 2.05) is 24.3 Å². The summed E-state index contributed by atoms with van der Waals surface area (Å²) in [5.74, 6) is 0.882. The van der Waals surface area contributed by atoms with Crippen molar-refractivity contribution in [3.05, 3.63) is 29.8 Å².